The largest absolute Gasteiger partial charge is 0.481 e. The van der Waals surface area contributed by atoms with E-state index in [1.807, 2.05) is 0 Å². The molecule has 2 N–H and O–H groups in total. The average molecular weight is 283 g/mol. The second kappa shape index (κ2) is 6.57. The van der Waals surface area contributed by atoms with Crippen molar-refractivity contribution in [3.05, 3.63) is 0 Å². The van der Waals surface area contributed by atoms with E-state index in [0.717, 1.165) is 38.7 Å². The minimum atomic E-state index is -0.828. The lowest BCUT2D eigenvalue weighted by Crippen LogP contribution is -2.41. The van der Waals surface area contributed by atoms with Crippen molar-refractivity contribution in [1.29, 1.82) is 0 Å². The Labute approximate surface area is 120 Å². The summed E-state index contributed by atoms with van der Waals surface area (Å²) in [6.07, 6.45) is 6.43. The molecule has 0 radical (unpaired) electrons. The third-order valence-electron chi connectivity index (χ3n) is 4.85. The van der Waals surface area contributed by atoms with Gasteiger partial charge < -0.3 is 15.2 Å². The molecule has 0 aromatic heterocycles. The Kier molecular flexibility index (Phi) is 5.02. The predicted molar refractivity (Wildman–Crippen MR) is 74.3 cm³/mol. The number of methoxy groups -OCH3 is 1. The van der Waals surface area contributed by atoms with E-state index >= 15 is 0 Å². The monoisotopic (exact) mass is 283 g/mol. The van der Waals surface area contributed by atoms with Crippen LogP contribution in [0.4, 0.5) is 0 Å². The van der Waals surface area contributed by atoms with Crippen molar-refractivity contribution >= 4 is 11.9 Å². The smallest absolute Gasteiger partial charge is 0.307 e. The second-order valence-corrected chi connectivity index (χ2v) is 6.30. The third-order valence-corrected chi connectivity index (χ3v) is 4.85. The molecule has 0 spiro atoms. The highest BCUT2D eigenvalue weighted by Gasteiger charge is 2.43. The normalized spacial score (nSPS) is 27.9. The number of carbonyl (C=O) groups excluding carboxylic acids is 1. The molecule has 0 aliphatic heterocycles. The molecule has 0 bridgehead atoms. The van der Waals surface area contributed by atoms with Gasteiger partial charge in [0.1, 0.15) is 0 Å². The van der Waals surface area contributed by atoms with Crippen LogP contribution in [0.5, 0.6) is 0 Å². The van der Waals surface area contributed by atoms with Gasteiger partial charge in [0.2, 0.25) is 5.91 Å². The van der Waals surface area contributed by atoms with E-state index in [-0.39, 0.29) is 17.2 Å². The van der Waals surface area contributed by atoms with Gasteiger partial charge in [-0.2, -0.15) is 0 Å². The van der Waals surface area contributed by atoms with Crippen molar-refractivity contribution in [2.75, 3.05) is 20.3 Å². The van der Waals surface area contributed by atoms with E-state index in [1.165, 1.54) is 0 Å². The molecule has 20 heavy (non-hydrogen) atoms. The van der Waals surface area contributed by atoms with Crippen LogP contribution in [0.15, 0.2) is 0 Å². The maximum atomic E-state index is 12.3. The van der Waals surface area contributed by atoms with E-state index in [9.17, 15) is 14.7 Å². The quantitative estimate of drug-likeness (QED) is 0.747. The fraction of sp³-hybridized carbons (Fsp3) is 0.867. The number of ether oxygens (including phenoxy) is 1. The van der Waals surface area contributed by atoms with Gasteiger partial charge in [0.05, 0.1) is 11.8 Å². The highest BCUT2D eigenvalue weighted by molar-refractivity contribution is 5.84. The number of carbonyl (C=O) groups is 2. The van der Waals surface area contributed by atoms with Crippen LogP contribution in [0.25, 0.3) is 0 Å². The lowest BCUT2D eigenvalue weighted by atomic mass is 9.78. The number of carboxylic acid groups (broad SMARTS) is 1. The van der Waals surface area contributed by atoms with E-state index < -0.39 is 11.9 Å². The molecule has 2 rings (SSSR count). The Bertz CT molecular complexity index is 365. The van der Waals surface area contributed by atoms with Crippen molar-refractivity contribution < 1.29 is 19.4 Å². The minimum absolute atomic E-state index is 0.0687. The summed E-state index contributed by atoms with van der Waals surface area (Å²) in [4.78, 5) is 23.5. The van der Waals surface area contributed by atoms with Gasteiger partial charge in [0, 0.05) is 20.3 Å². The maximum Gasteiger partial charge on any atom is 0.307 e. The zero-order valence-electron chi connectivity index (χ0n) is 12.2. The molecule has 0 unspecified atom stereocenters. The SMILES string of the molecule is COCCC1(CNC(=O)[C@@H]2CCCC[C@@H]2C(=O)O)CC1. The van der Waals surface area contributed by atoms with Gasteiger partial charge in [0.15, 0.2) is 0 Å². The first-order valence-corrected chi connectivity index (χ1v) is 7.57. The van der Waals surface area contributed by atoms with Gasteiger partial charge in [-0.25, -0.2) is 0 Å². The van der Waals surface area contributed by atoms with Crippen LogP contribution < -0.4 is 5.32 Å². The van der Waals surface area contributed by atoms with E-state index in [1.54, 1.807) is 7.11 Å². The number of rotatable bonds is 7. The first-order valence-electron chi connectivity index (χ1n) is 7.57. The lowest BCUT2D eigenvalue weighted by Gasteiger charge is -2.28. The fourth-order valence-corrected chi connectivity index (χ4v) is 3.16. The zero-order chi connectivity index (χ0) is 14.6. The number of amides is 1. The number of nitrogens with one attached hydrogen (secondary N) is 1. The van der Waals surface area contributed by atoms with Crippen LogP contribution in [0.1, 0.15) is 44.9 Å². The molecule has 2 aliphatic rings. The van der Waals surface area contributed by atoms with Crippen molar-refractivity contribution in [1.82, 2.24) is 5.32 Å². The summed E-state index contributed by atoms with van der Waals surface area (Å²) in [6, 6.07) is 0. The summed E-state index contributed by atoms with van der Waals surface area (Å²) in [7, 11) is 1.69. The maximum absolute atomic E-state index is 12.3. The highest BCUT2D eigenvalue weighted by Crippen LogP contribution is 2.48. The molecule has 0 heterocycles. The molecule has 2 saturated carbocycles. The molecule has 114 valence electrons. The van der Waals surface area contributed by atoms with E-state index in [4.69, 9.17) is 4.74 Å². The summed E-state index contributed by atoms with van der Waals surface area (Å²) in [5.74, 6) is -1.75. The molecule has 2 fully saturated rings. The number of aliphatic carboxylic acids is 1. The summed E-state index contributed by atoms with van der Waals surface area (Å²) in [5, 5.41) is 12.2. The van der Waals surface area contributed by atoms with Gasteiger partial charge in [-0.05, 0) is 37.5 Å². The predicted octanol–water partition coefficient (Wildman–Crippen LogP) is 1.81. The van der Waals surface area contributed by atoms with Crippen LogP contribution in [0, 0.1) is 17.3 Å². The molecule has 1 amide bonds. The minimum Gasteiger partial charge on any atom is -0.481 e. The van der Waals surface area contributed by atoms with Gasteiger partial charge in [0.25, 0.3) is 0 Å². The molecule has 0 aromatic rings. The fourth-order valence-electron chi connectivity index (χ4n) is 3.16. The van der Waals surface area contributed by atoms with Crippen LogP contribution >= 0.6 is 0 Å². The summed E-state index contributed by atoms with van der Waals surface area (Å²) >= 11 is 0. The molecular formula is C15H25NO4. The highest BCUT2D eigenvalue weighted by atomic mass is 16.5. The van der Waals surface area contributed by atoms with Crippen LogP contribution in [-0.4, -0.2) is 37.2 Å². The van der Waals surface area contributed by atoms with Crippen molar-refractivity contribution in [3.8, 4) is 0 Å². The van der Waals surface area contributed by atoms with E-state index in [2.05, 4.69) is 5.32 Å². The van der Waals surface area contributed by atoms with Gasteiger partial charge in [-0.15, -0.1) is 0 Å². The molecule has 0 aromatic carbocycles. The Morgan fingerprint density at radius 2 is 1.90 bits per heavy atom. The molecular weight excluding hydrogens is 258 g/mol. The Hall–Kier alpha value is -1.10. The van der Waals surface area contributed by atoms with Crippen molar-refractivity contribution in [3.63, 3.8) is 0 Å². The van der Waals surface area contributed by atoms with Gasteiger partial charge in [-0.3, -0.25) is 9.59 Å². The third kappa shape index (κ3) is 3.72. The second-order valence-electron chi connectivity index (χ2n) is 6.30. The molecule has 5 heteroatoms. The van der Waals surface area contributed by atoms with Crippen LogP contribution in [0.2, 0.25) is 0 Å². The Balaban J connectivity index is 1.83. The van der Waals surface area contributed by atoms with E-state index in [0.29, 0.717) is 19.4 Å². The summed E-state index contributed by atoms with van der Waals surface area (Å²) in [5.41, 5.74) is 0.207. The molecule has 2 atom stereocenters. The number of hydrogen-bond donors (Lipinski definition) is 2. The topological polar surface area (TPSA) is 75.6 Å². The molecule has 2 aliphatic carbocycles. The first kappa shape index (κ1) is 15.3. The first-order chi connectivity index (χ1) is 9.58. The van der Waals surface area contributed by atoms with Crippen LogP contribution in [0.3, 0.4) is 0 Å². The summed E-state index contributed by atoms with van der Waals surface area (Å²) in [6.45, 7) is 1.38. The molecule has 5 nitrogen and oxygen atoms in total. The summed E-state index contributed by atoms with van der Waals surface area (Å²) < 4.78 is 5.10. The number of hydrogen-bond acceptors (Lipinski definition) is 3. The Morgan fingerprint density at radius 1 is 1.25 bits per heavy atom. The zero-order valence-corrected chi connectivity index (χ0v) is 12.2. The van der Waals surface area contributed by atoms with Crippen molar-refractivity contribution in [2.45, 2.75) is 44.9 Å². The van der Waals surface area contributed by atoms with Gasteiger partial charge in [-0.1, -0.05) is 12.8 Å². The molecule has 0 saturated heterocycles. The average Bonchev–Trinajstić information content (AvgIpc) is 3.23. The Morgan fingerprint density at radius 3 is 2.45 bits per heavy atom. The lowest BCUT2D eigenvalue weighted by molar-refractivity contribution is -0.149. The van der Waals surface area contributed by atoms with Crippen molar-refractivity contribution in [2.24, 2.45) is 17.3 Å². The van der Waals surface area contributed by atoms with Crippen LogP contribution in [-0.2, 0) is 14.3 Å². The van der Waals surface area contributed by atoms with Gasteiger partial charge >= 0.3 is 5.97 Å². The standard InChI is InChI=1S/C15H25NO4/c1-20-9-8-15(6-7-15)10-16-13(17)11-4-2-3-5-12(11)14(18)19/h11-12H,2-10H2,1H3,(H,16,17)(H,18,19)/t11-,12+/m1/s1. The number of carboxylic acids is 1.